The standard InChI is InChI=1S/C13H20N4O2/c1-9-6-17(7-10(2)19-9)8-12-4-3-11(5-15-12)13(18)16-14/h3-5,9-10H,6-8,14H2,1-2H3,(H,16,18)/t9-,10+. The van der Waals surface area contributed by atoms with E-state index in [1.807, 2.05) is 6.07 Å². The highest BCUT2D eigenvalue weighted by Crippen LogP contribution is 2.13. The summed E-state index contributed by atoms with van der Waals surface area (Å²) < 4.78 is 5.69. The normalized spacial score (nSPS) is 24.2. The van der Waals surface area contributed by atoms with Gasteiger partial charge < -0.3 is 4.74 Å². The van der Waals surface area contributed by atoms with E-state index in [1.54, 1.807) is 12.3 Å². The third-order valence-corrected chi connectivity index (χ3v) is 3.10. The molecule has 1 aromatic heterocycles. The van der Waals surface area contributed by atoms with E-state index < -0.39 is 0 Å². The van der Waals surface area contributed by atoms with Gasteiger partial charge in [-0.05, 0) is 26.0 Å². The van der Waals surface area contributed by atoms with E-state index in [-0.39, 0.29) is 18.1 Å². The van der Waals surface area contributed by atoms with Crippen molar-refractivity contribution in [2.45, 2.75) is 32.6 Å². The van der Waals surface area contributed by atoms with Crippen LogP contribution in [0.4, 0.5) is 0 Å². The van der Waals surface area contributed by atoms with Crippen LogP contribution in [0.25, 0.3) is 0 Å². The quantitative estimate of drug-likeness (QED) is 0.466. The van der Waals surface area contributed by atoms with Crippen molar-refractivity contribution < 1.29 is 9.53 Å². The Morgan fingerprint density at radius 1 is 1.47 bits per heavy atom. The molecule has 3 N–H and O–H groups in total. The Bertz CT molecular complexity index is 425. The fourth-order valence-electron chi connectivity index (χ4n) is 2.38. The number of nitrogens with zero attached hydrogens (tertiary/aromatic N) is 2. The van der Waals surface area contributed by atoms with Gasteiger partial charge in [0.2, 0.25) is 0 Å². The molecule has 0 spiro atoms. The molecule has 104 valence electrons. The molecule has 0 radical (unpaired) electrons. The van der Waals surface area contributed by atoms with E-state index in [2.05, 4.69) is 29.2 Å². The van der Waals surface area contributed by atoms with Crippen LogP contribution in [0.2, 0.25) is 0 Å². The number of amides is 1. The minimum atomic E-state index is -0.326. The van der Waals surface area contributed by atoms with Crippen LogP contribution >= 0.6 is 0 Å². The van der Waals surface area contributed by atoms with Gasteiger partial charge in [0.1, 0.15) is 0 Å². The SMILES string of the molecule is C[C@@H]1CN(Cc2ccc(C(=O)NN)cn2)C[C@H](C)O1. The topological polar surface area (TPSA) is 80.5 Å². The number of hydrazine groups is 1. The van der Waals surface area contributed by atoms with Crippen LogP contribution in [0, 0.1) is 0 Å². The first-order valence-corrected chi connectivity index (χ1v) is 6.42. The van der Waals surface area contributed by atoms with Crippen molar-refractivity contribution in [1.29, 1.82) is 0 Å². The van der Waals surface area contributed by atoms with Crippen LogP contribution in [0.3, 0.4) is 0 Å². The molecule has 0 saturated carbocycles. The summed E-state index contributed by atoms with van der Waals surface area (Å²) in [6, 6.07) is 3.59. The molecule has 6 nitrogen and oxygen atoms in total. The third-order valence-electron chi connectivity index (χ3n) is 3.10. The zero-order chi connectivity index (χ0) is 13.8. The van der Waals surface area contributed by atoms with Crippen molar-refractivity contribution >= 4 is 5.91 Å². The van der Waals surface area contributed by atoms with Crippen molar-refractivity contribution in [2.75, 3.05) is 13.1 Å². The summed E-state index contributed by atoms with van der Waals surface area (Å²) in [6.45, 7) is 6.71. The molecule has 2 heterocycles. The Morgan fingerprint density at radius 2 is 2.16 bits per heavy atom. The molecule has 0 aromatic carbocycles. The average molecular weight is 264 g/mol. The van der Waals surface area contributed by atoms with E-state index >= 15 is 0 Å². The minimum Gasteiger partial charge on any atom is -0.373 e. The van der Waals surface area contributed by atoms with Gasteiger partial charge in [0.25, 0.3) is 5.91 Å². The van der Waals surface area contributed by atoms with Crippen LogP contribution in [-0.4, -0.2) is 41.1 Å². The van der Waals surface area contributed by atoms with Crippen molar-refractivity contribution in [2.24, 2.45) is 5.84 Å². The highest BCUT2D eigenvalue weighted by Gasteiger charge is 2.22. The second-order valence-corrected chi connectivity index (χ2v) is 4.96. The van der Waals surface area contributed by atoms with E-state index in [1.165, 1.54) is 0 Å². The van der Waals surface area contributed by atoms with Gasteiger partial charge in [-0.2, -0.15) is 0 Å². The summed E-state index contributed by atoms with van der Waals surface area (Å²) in [7, 11) is 0. The van der Waals surface area contributed by atoms with Crippen LogP contribution < -0.4 is 11.3 Å². The molecule has 1 aliphatic rings. The van der Waals surface area contributed by atoms with Crippen LogP contribution in [0.15, 0.2) is 18.3 Å². The second kappa shape index (κ2) is 6.10. The number of morpholine rings is 1. The number of carbonyl (C=O) groups is 1. The number of aromatic nitrogens is 1. The predicted molar refractivity (Wildman–Crippen MR) is 71.2 cm³/mol. The Hall–Kier alpha value is -1.50. The summed E-state index contributed by atoms with van der Waals surface area (Å²) >= 11 is 0. The van der Waals surface area contributed by atoms with Gasteiger partial charge in [0.05, 0.1) is 23.5 Å². The van der Waals surface area contributed by atoms with Crippen molar-refractivity contribution in [3.63, 3.8) is 0 Å². The largest absolute Gasteiger partial charge is 0.373 e. The first-order chi connectivity index (χ1) is 9.08. The highest BCUT2D eigenvalue weighted by atomic mass is 16.5. The van der Waals surface area contributed by atoms with Crippen LogP contribution in [0.5, 0.6) is 0 Å². The Kier molecular flexibility index (Phi) is 4.47. The molecule has 2 rings (SSSR count). The minimum absolute atomic E-state index is 0.242. The molecule has 0 unspecified atom stereocenters. The highest BCUT2D eigenvalue weighted by molar-refractivity contribution is 5.93. The molecule has 1 fully saturated rings. The maximum absolute atomic E-state index is 11.3. The summed E-state index contributed by atoms with van der Waals surface area (Å²) in [4.78, 5) is 17.9. The molecule has 0 aliphatic carbocycles. The first-order valence-electron chi connectivity index (χ1n) is 6.42. The Labute approximate surface area is 112 Å². The second-order valence-electron chi connectivity index (χ2n) is 4.96. The number of hydrogen-bond donors (Lipinski definition) is 2. The third kappa shape index (κ3) is 3.73. The van der Waals surface area contributed by atoms with E-state index in [9.17, 15) is 4.79 Å². The molecule has 1 aliphatic heterocycles. The fraction of sp³-hybridized carbons (Fsp3) is 0.538. The van der Waals surface area contributed by atoms with Crippen molar-refractivity contribution in [3.8, 4) is 0 Å². The lowest BCUT2D eigenvalue weighted by molar-refractivity contribution is -0.0707. The lowest BCUT2D eigenvalue weighted by Crippen LogP contribution is -2.44. The Balaban J connectivity index is 1.97. The summed E-state index contributed by atoms with van der Waals surface area (Å²) in [5.41, 5.74) is 3.50. The maximum Gasteiger partial charge on any atom is 0.266 e. The van der Waals surface area contributed by atoms with E-state index in [0.29, 0.717) is 5.56 Å². The number of nitrogen functional groups attached to an aromatic ring is 1. The van der Waals surface area contributed by atoms with Gasteiger partial charge in [0.15, 0.2) is 0 Å². The molecule has 1 aromatic rings. The van der Waals surface area contributed by atoms with E-state index in [4.69, 9.17) is 10.6 Å². The molecule has 1 amide bonds. The zero-order valence-corrected chi connectivity index (χ0v) is 11.3. The lowest BCUT2D eigenvalue weighted by Gasteiger charge is -2.35. The number of nitrogens with one attached hydrogen (secondary N) is 1. The predicted octanol–water partition coefficient (Wildman–Crippen LogP) is 0.294. The van der Waals surface area contributed by atoms with Crippen molar-refractivity contribution in [1.82, 2.24) is 15.3 Å². The van der Waals surface area contributed by atoms with Crippen molar-refractivity contribution in [3.05, 3.63) is 29.6 Å². The molecule has 19 heavy (non-hydrogen) atoms. The number of carbonyl (C=O) groups excluding carboxylic acids is 1. The van der Waals surface area contributed by atoms with Gasteiger partial charge in [-0.3, -0.25) is 20.1 Å². The van der Waals surface area contributed by atoms with E-state index in [0.717, 1.165) is 25.3 Å². The number of rotatable bonds is 3. The maximum atomic E-state index is 11.3. The number of pyridine rings is 1. The van der Waals surface area contributed by atoms with Gasteiger partial charge in [-0.1, -0.05) is 0 Å². The first kappa shape index (κ1) is 13.9. The average Bonchev–Trinajstić information content (AvgIpc) is 2.37. The van der Waals surface area contributed by atoms with Crippen LogP contribution in [-0.2, 0) is 11.3 Å². The van der Waals surface area contributed by atoms with Crippen LogP contribution in [0.1, 0.15) is 29.9 Å². The van der Waals surface area contributed by atoms with Gasteiger partial charge >= 0.3 is 0 Å². The van der Waals surface area contributed by atoms with Gasteiger partial charge in [0, 0.05) is 25.8 Å². The summed E-state index contributed by atoms with van der Waals surface area (Å²) in [5, 5.41) is 0. The Morgan fingerprint density at radius 3 is 2.68 bits per heavy atom. The monoisotopic (exact) mass is 264 g/mol. The lowest BCUT2D eigenvalue weighted by atomic mass is 10.2. The molecular weight excluding hydrogens is 244 g/mol. The summed E-state index contributed by atoms with van der Waals surface area (Å²) in [5.74, 6) is 4.75. The number of hydrogen-bond acceptors (Lipinski definition) is 5. The molecular formula is C13H20N4O2. The molecule has 6 heteroatoms. The number of nitrogens with two attached hydrogens (primary N) is 1. The molecule has 1 saturated heterocycles. The fourth-order valence-corrected chi connectivity index (χ4v) is 2.38. The zero-order valence-electron chi connectivity index (χ0n) is 11.3. The number of ether oxygens (including phenoxy) is 1. The van der Waals surface area contributed by atoms with Gasteiger partial charge in [-0.25, -0.2) is 5.84 Å². The van der Waals surface area contributed by atoms with Gasteiger partial charge in [-0.15, -0.1) is 0 Å². The molecule has 2 atom stereocenters. The smallest absolute Gasteiger partial charge is 0.266 e. The summed E-state index contributed by atoms with van der Waals surface area (Å²) in [6.07, 6.45) is 2.03. The molecule has 0 bridgehead atoms.